The summed E-state index contributed by atoms with van der Waals surface area (Å²) < 4.78 is 66.4. The summed E-state index contributed by atoms with van der Waals surface area (Å²) in [5, 5.41) is 3.43. The summed E-state index contributed by atoms with van der Waals surface area (Å²) in [4.78, 5) is 24.4. The van der Waals surface area contributed by atoms with Crippen molar-refractivity contribution in [2.45, 2.75) is 18.2 Å². The van der Waals surface area contributed by atoms with Gasteiger partial charge in [-0.05, 0) is 19.1 Å². The maximum Gasteiger partial charge on any atom is 0.573 e. The Labute approximate surface area is 132 Å². The van der Waals surface area contributed by atoms with Crippen molar-refractivity contribution in [3.05, 3.63) is 40.6 Å². The number of sulfonamides is 1. The highest BCUT2D eigenvalue weighted by Crippen LogP contribution is 2.29. The molecule has 24 heavy (non-hydrogen) atoms. The number of aryl methyl sites for hydroxylation is 1. The van der Waals surface area contributed by atoms with E-state index in [1.165, 1.54) is 11.6 Å². The second-order valence-electron chi connectivity index (χ2n) is 4.33. The zero-order valence-corrected chi connectivity index (χ0v) is 12.6. The van der Waals surface area contributed by atoms with Gasteiger partial charge in [0, 0.05) is 0 Å². The minimum atomic E-state index is -5.13. The summed E-state index contributed by atoms with van der Waals surface area (Å²) >= 11 is 0. The Morgan fingerprint density at radius 1 is 1.33 bits per heavy atom. The molecule has 130 valence electrons. The van der Waals surface area contributed by atoms with E-state index >= 15 is 0 Å². The fraction of sp³-hybridized carbons (Fsp3) is 0.182. The SMILES string of the molecule is Cc1nn(C(=O)NS(=O)(=O)c2ccccc2OC(F)(F)F)c(=O)[nH]1. The number of carbonyl (C=O) groups excluding carboxylic acids is 1. The van der Waals surface area contributed by atoms with E-state index in [-0.39, 0.29) is 10.5 Å². The van der Waals surface area contributed by atoms with E-state index < -0.39 is 38.8 Å². The van der Waals surface area contributed by atoms with Crippen LogP contribution in [0.25, 0.3) is 0 Å². The van der Waals surface area contributed by atoms with Crippen molar-refractivity contribution in [1.29, 1.82) is 0 Å². The fourth-order valence-electron chi connectivity index (χ4n) is 1.66. The molecule has 1 aromatic heterocycles. The topological polar surface area (TPSA) is 123 Å². The van der Waals surface area contributed by atoms with Crippen LogP contribution in [0.2, 0.25) is 0 Å². The summed E-state index contributed by atoms with van der Waals surface area (Å²) in [5.41, 5.74) is -1.01. The number of hydrogen-bond donors (Lipinski definition) is 2. The van der Waals surface area contributed by atoms with Crippen LogP contribution < -0.4 is 15.1 Å². The number of amides is 1. The smallest absolute Gasteiger partial charge is 0.404 e. The minimum Gasteiger partial charge on any atom is -0.404 e. The number of nitrogens with one attached hydrogen (secondary N) is 2. The second-order valence-corrected chi connectivity index (χ2v) is 5.98. The number of hydrogen-bond acceptors (Lipinski definition) is 6. The molecule has 0 unspecified atom stereocenters. The quantitative estimate of drug-likeness (QED) is 0.825. The Morgan fingerprint density at radius 2 is 1.96 bits per heavy atom. The number of alkyl halides is 3. The van der Waals surface area contributed by atoms with Gasteiger partial charge in [0.25, 0.3) is 10.0 Å². The molecule has 0 saturated carbocycles. The molecule has 0 fully saturated rings. The third-order valence-electron chi connectivity index (χ3n) is 2.51. The van der Waals surface area contributed by atoms with Gasteiger partial charge in [0.2, 0.25) is 0 Å². The lowest BCUT2D eigenvalue weighted by Gasteiger charge is -2.13. The van der Waals surface area contributed by atoms with Gasteiger partial charge in [-0.25, -0.2) is 22.7 Å². The first kappa shape index (κ1) is 17.5. The molecule has 1 heterocycles. The Kier molecular flexibility index (Phi) is 4.38. The van der Waals surface area contributed by atoms with E-state index in [1.807, 2.05) is 0 Å². The van der Waals surface area contributed by atoms with Crippen LogP contribution in [0.4, 0.5) is 18.0 Å². The molecular formula is C11H9F3N4O5S. The van der Waals surface area contributed by atoms with Crippen molar-refractivity contribution in [1.82, 2.24) is 19.5 Å². The predicted molar refractivity (Wildman–Crippen MR) is 71.8 cm³/mol. The maximum atomic E-state index is 12.3. The molecule has 0 spiro atoms. The van der Waals surface area contributed by atoms with Crippen LogP contribution in [-0.2, 0) is 10.0 Å². The van der Waals surface area contributed by atoms with E-state index in [0.717, 1.165) is 24.3 Å². The Bertz CT molecular complexity index is 932. The predicted octanol–water partition coefficient (Wildman–Crippen LogP) is 0.725. The average Bonchev–Trinajstić information content (AvgIpc) is 2.76. The van der Waals surface area contributed by atoms with Crippen molar-refractivity contribution in [3.8, 4) is 5.75 Å². The lowest BCUT2D eigenvalue weighted by Crippen LogP contribution is -2.39. The van der Waals surface area contributed by atoms with E-state index in [0.29, 0.717) is 0 Å². The Hall–Kier alpha value is -2.83. The highest BCUT2D eigenvalue weighted by Gasteiger charge is 2.34. The molecule has 0 aliphatic carbocycles. The zero-order valence-electron chi connectivity index (χ0n) is 11.8. The summed E-state index contributed by atoms with van der Waals surface area (Å²) in [7, 11) is -4.76. The zero-order chi connectivity index (χ0) is 18.1. The van der Waals surface area contributed by atoms with Gasteiger partial charge >= 0.3 is 18.1 Å². The normalized spacial score (nSPS) is 12.0. The number of para-hydroxylation sites is 1. The van der Waals surface area contributed by atoms with E-state index in [2.05, 4.69) is 14.8 Å². The molecule has 2 aromatic rings. The van der Waals surface area contributed by atoms with Gasteiger partial charge in [0.1, 0.15) is 16.5 Å². The third kappa shape index (κ3) is 3.92. The summed E-state index contributed by atoms with van der Waals surface area (Å²) in [6.07, 6.45) is -5.13. The summed E-state index contributed by atoms with van der Waals surface area (Å²) in [6, 6.07) is 2.34. The third-order valence-corrected chi connectivity index (χ3v) is 3.87. The number of aromatic amines is 1. The van der Waals surface area contributed by atoms with Crippen molar-refractivity contribution in [2.24, 2.45) is 0 Å². The first-order valence-electron chi connectivity index (χ1n) is 6.07. The number of rotatable bonds is 3. The van der Waals surface area contributed by atoms with Gasteiger partial charge in [-0.3, -0.25) is 4.98 Å². The molecule has 0 radical (unpaired) electrons. The fourth-order valence-corrected chi connectivity index (χ4v) is 2.72. The molecule has 2 N–H and O–H groups in total. The first-order chi connectivity index (χ1) is 11.0. The summed E-state index contributed by atoms with van der Waals surface area (Å²) in [6.45, 7) is 1.34. The van der Waals surface area contributed by atoms with Crippen molar-refractivity contribution in [3.63, 3.8) is 0 Å². The highest BCUT2D eigenvalue weighted by molar-refractivity contribution is 7.90. The summed E-state index contributed by atoms with van der Waals surface area (Å²) in [5.74, 6) is -0.996. The monoisotopic (exact) mass is 366 g/mol. The van der Waals surface area contributed by atoms with Crippen molar-refractivity contribution in [2.75, 3.05) is 0 Å². The van der Waals surface area contributed by atoms with E-state index in [1.54, 1.807) is 0 Å². The number of H-pyrrole nitrogens is 1. The van der Waals surface area contributed by atoms with Crippen LogP contribution in [-0.4, -0.2) is 35.6 Å². The lowest BCUT2D eigenvalue weighted by atomic mass is 10.3. The Balaban J connectivity index is 2.36. The van der Waals surface area contributed by atoms with Crippen LogP contribution in [0, 0.1) is 6.92 Å². The lowest BCUT2D eigenvalue weighted by molar-refractivity contribution is -0.275. The number of benzene rings is 1. The van der Waals surface area contributed by atoms with Crippen LogP contribution in [0.15, 0.2) is 34.0 Å². The van der Waals surface area contributed by atoms with Gasteiger partial charge in [-0.2, -0.15) is 0 Å². The van der Waals surface area contributed by atoms with Gasteiger partial charge in [0.05, 0.1) is 0 Å². The molecule has 0 bridgehead atoms. The van der Waals surface area contributed by atoms with Crippen molar-refractivity contribution >= 4 is 16.1 Å². The van der Waals surface area contributed by atoms with Gasteiger partial charge in [0.15, 0.2) is 0 Å². The molecule has 2 rings (SSSR count). The molecule has 13 heteroatoms. The first-order valence-corrected chi connectivity index (χ1v) is 7.56. The number of carbonyl (C=O) groups is 1. The molecule has 1 aromatic carbocycles. The Morgan fingerprint density at radius 3 is 2.50 bits per heavy atom. The van der Waals surface area contributed by atoms with Crippen molar-refractivity contribution < 1.29 is 31.1 Å². The molecule has 0 aliphatic rings. The minimum absolute atomic E-state index is 0.0355. The van der Waals surface area contributed by atoms with Crippen LogP contribution in [0.3, 0.4) is 0 Å². The number of nitrogens with zero attached hydrogens (tertiary/aromatic N) is 2. The second kappa shape index (κ2) is 5.99. The van der Waals surface area contributed by atoms with Gasteiger partial charge < -0.3 is 4.74 Å². The highest BCUT2D eigenvalue weighted by atomic mass is 32.2. The van der Waals surface area contributed by atoms with Gasteiger partial charge in [-0.15, -0.1) is 23.0 Å². The molecular weight excluding hydrogens is 357 g/mol. The van der Waals surface area contributed by atoms with Crippen LogP contribution in [0.1, 0.15) is 5.82 Å². The number of ether oxygens (including phenoxy) is 1. The average molecular weight is 366 g/mol. The van der Waals surface area contributed by atoms with Crippen LogP contribution in [0.5, 0.6) is 5.75 Å². The number of aromatic nitrogens is 3. The molecule has 1 amide bonds. The molecule has 0 atom stereocenters. The van der Waals surface area contributed by atoms with E-state index in [4.69, 9.17) is 0 Å². The maximum absolute atomic E-state index is 12.3. The van der Waals surface area contributed by atoms with E-state index in [9.17, 15) is 31.2 Å². The number of halogens is 3. The standard InChI is InChI=1S/C11H9F3N4O5S/c1-6-15-9(19)18(16-6)10(20)17-24(21,22)8-5-3-2-4-7(8)23-11(12,13)14/h2-5H,1H3,(H,17,20)(H,15,16,19). The molecule has 0 aliphatic heterocycles. The molecule has 9 nitrogen and oxygen atoms in total. The molecule has 0 saturated heterocycles. The largest absolute Gasteiger partial charge is 0.573 e. The van der Waals surface area contributed by atoms with Gasteiger partial charge in [-0.1, -0.05) is 12.1 Å². The van der Waals surface area contributed by atoms with Crippen LogP contribution >= 0.6 is 0 Å².